The molecule has 156 valence electrons. The zero-order valence-electron chi connectivity index (χ0n) is 17.1. The molecule has 5 heterocycles. The highest BCUT2D eigenvalue weighted by atomic mass is 16.5. The number of rotatable bonds is 5. The molecule has 0 radical (unpaired) electrons. The van der Waals surface area contributed by atoms with E-state index in [0.717, 1.165) is 43.3 Å². The van der Waals surface area contributed by atoms with Crippen LogP contribution in [0.3, 0.4) is 0 Å². The molecule has 0 bridgehead atoms. The maximum absolute atomic E-state index is 12.9. The Bertz CT molecular complexity index is 1070. The molecule has 0 spiro atoms. The number of fused-ring (bicyclic) bond motifs is 2. The van der Waals surface area contributed by atoms with E-state index in [1.165, 1.54) is 0 Å². The minimum atomic E-state index is -0.296. The summed E-state index contributed by atoms with van der Waals surface area (Å²) in [6.45, 7) is 8.40. The molecule has 2 aliphatic rings. The second kappa shape index (κ2) is 7.56. The number of hydrogen-bond donors (Lipinski definition) is 2. The van der Waals surface area contributed by atoms with E-state index in [0.29, 0.717) is 35.6 Å². The van der Waals surface area contributed by atoms with Crippen molar-refractivity contribution in [3.63, 3.8) is 0 Å². The molecule has 2 fully saturated rings. The largest absolute Gasteiger partial charge is 0.493 e. The van der Waals surface area contributed by atoms with Gasteiger partial charge >= 0.3 is 0 Å². The van der Waals surface area contributed by atoms with Crippen LogP contribution in [0.5, 0.6) is 5.75 Å². The summed E-state index contributed by atoms with van der Waals surface area (Å²) < 4.78 is 7.49. The lowest BCUT2D eigenvalue weighted by atomic mass is 10.0. The normalized spacial score (nSPS) is 20.5. The molecule has 9 heteroatoms. The van der Waals surface area contributed by atoms with Gasteiger partial charge in [0.2, 0.25) is 0 Å². The van der Waals surface area contributed by atoms with Gasteiger partial charge in [0.05, 0.1) is 17.9 Å². The van der Waals surface area contributed by atoms with Crippen molar-refractivity contribution in [3.8, 4) is 5.75 Å². The summed E-state index contributed by atoms with van der Waals surface area (Å²) in [5, 5.41) is 14.8. The first-order chi connectivity index (χ1) is 14.6. The van der Waals surface area contributed by atoms with E-state index in [1.54, 1.807) is 18.3 Å². The van der Waals surface area contributed by atoms with Crippen molar-refractivity contribution in [2.75, 3.05) is 43.0 Å². The summed E-state index contributed by atoms with van der Waals surface area (Å²) in [5.41, 5.74) is 2.04. The lowest BCUT2D eigenvalue weighted by molar-refractivity contribution is 0.102. The summed E-state index contributed by atoms with van der Waals surface area (Å²) in [4.78, 5) is 19.6. The number of amides is 1. The van der Waals surface area contributed by atoms with Crippen molar-refractivity contribution >= 4 is 23.2 Å². The summed E-state index contributed by atoms with van der Waals surface area (Å²) in [7, 11) is 0. The van der Waals surface area contributed by atoms with E-state index in [-0.39, 0.29) is 5.91 Å². The fourth-order valence-electron chi connectivity index (χ4n) is 4.37. The number of pyridine rings is 1. The number of nitrogens with one attached hydrogen (secondary N) is 2. The molecule has 0 saturated carbocycles. The van der Waals surface area contributed by atoms with Gasteiger partial charge in [-0.3, -0.25) is 4.79 Å². The maximum atomic E-state index is 12.9. The highest BCUT2D eigenvalue weighted by Crippen LogP contribution is 2.29. The van der Waals surface area contributed by atoms with Crippen LogP contribution in [0.4, 0.5) is 11.6 Å². The van der Waals surface area contributed by atoms with Gasteiger partial charge in [0.25, 0.3) is 5.91 Å². The zero-order chi connectivity index (χ0) is 20.7. The molecule has 0 aliphatic carbocycles. The van der Waals surface area contributed by atoms with Crippen LogP contribution in [0, 0.1) is 18.8 Å². The molecule has 3 aromatic heterocycles. The van der Waals surface area contributed by atoms with Crippen LogP contribution in [0.2, 0.25) is 0 Å². The van der Waals surface area contributed by atoms with Gasteiger partial charge in [0.1, 0.15) is 11.4 Å². The van der Waals surface area contributed by atoms with Gasteiger partial charge in [-0.05, 0) is 37.8 Å². The standard InChI is InChI=1S/C21H25N7O2/c1-3-30-17-6-20-23-13(2)9-27(20)12-16(17)21(29)24-18-4-5-19(26-25-18)28-10-14-7-22-8-15(14)11-28/h4-6,9,12,14-15,22H,3,7-8,10-11H2,1-2H3,(H,24,25,29). The first kappa shape index (κ1) is 18.8. The number of carbonyl (C=O) groups is 1. The van der Waals surface area contributed by atoms with E-state index in [1.807, 2.05) is 30.5 Å². The number of aryl methyl sites for hydroxylation is 1. The van der Waals surface area contributed by atoms with Gasteiger partial charge in [-0.25, -0.2) is 4.98 Å². The van der Waals surface area contributed by atoms with Gasteiger partial charge in [0.15, 0.2) is 11.6 Å². The number of imidazole rings is 1. The maximum Gasteiger partial charge on any atom is 0.262 e. The Morgan fingerprint density at radius 2 is 2.03 bits per heavy atom. The van der Waals surface area contributed by atoms with Crippen molar-refractivity contribution in [3.05, 3.63) is 41.9 Å². The Kier molecular flexibility index (Phi) is 4.74. The number of carbonyl (C=O) groups excluding carboxylic acids is 1. The number of aromatic nitrogens is 4. The average molecular weight is 407 g/mol. The highest BCUT2D eigenvalue weighted by Gasteiger charge is 2.36. The first-order valence-electron chi connectivity index (χ1n) is 10.3. The molecule has 30 heavy (non-hydrogen) atoms. The predicted molar refractivity (Wildman–Crippen MR) is 113 cm³/mol. The third-order valence-electron chi connectivity index (χ3n) is 5.83. The Morgan fingerprint density at radius 1 is 1.23 bits per heavy atom. The predicted octanol–water partition coefficient (Wildman–Crippen LogP) is 1.74. The van der Waals surface area contributed by atoms with Crippen LogP contribution in [0.1, 0.15) is 23.0 Å². The number of hydrogen-bond acceptors (Lipinski definition) is 7. The Labute approximate surface area is 174 Å². The topological polar surface area (TPSA) is 96.7 Å². The molecule has 9 nitrogen and oxygen atoms in total. The summed E-state index contributed by atoms with van der Waals surface area (Å²) in [5.74, 6) is 2.84. The third kappa shape index (κ3) is 3.45. The van der Waals surface area contributed by atoms with Gasteiger partial charge in [-0.2, -0.15) is 0 Å². The minimum Gasteiger partial charge on any atom is -0.493 e. The molecular weight excluding hydrogens is 382 g/mol. The molecule has 5 rings (SSSR count). The smallest absolute Gasteiger partial charge is 0.262 e. The van der Waals surface area contributed by atoms with Crippen LogP contribution in [0.25, 0.3) is 5.65 Å². The van der Waals surface area contributed by atoms with Crippen LogP contribution >= 0.6 is 0 Å². The number of ether oxygens (including phenoxy) is 1. The second-order valence-corrected chi connectivity index (χ2v) is 7.95. The summed E-state index contributed by atoms with van der Waals surface area (Å²) >= 11 is 0. The summed E-state index contributed by atoms with van der Waals surface area (Å²) in [6, 6.07) is 5.50. The molecule has 1 amide bonds. The number of nitrogens with zero attached hydrogens (tertiary/aromatic N) is 5. The monoisotopic (exact) mass is 407 g/mol. The molecule has 2 unspecified atom stereocenters. The lowest BCUT2D eigenvalue weighted by Gasteiger charge is -2.18. The quantitative estimate of drug-likeness (QED) is 0.665. The van der Waals surface area contributed by atoms with Crippen LogP contribution in [0.15, 0.2) is 30.6 Å². The van der Waals surface area contributed by atoms with Crippen molar-refractivity contribution in [1.29, 1.82) is 0 Å². The Morgan fingerprint density at radius 3 is 2.73 bits per heavy atom. The van der Waals surface area contributed by atoms with Gasteiger partial charge in [0, 0.05) is 44.6 Å². The van der Waals surface area contributed by atoms with E-state index in [9.17, 15) is 4.79 Å². The molecular formula is C21H25N7O2. The van der Waals surface area contributed by atoms with E-state index in [2.05, 4.69) is 30.7 Å². The van der Waals surface area contributed by atoms with E-state index >= 15 is 0 Å². The zero-order valence-corrected chi connectivity index (χ0v) is 17.1. The third-order valence-corrected chi connectivity index (χ3v) is 5.83. The fraction of sp³-hybridized carbons (Fsp3) is 0.429. The molecule has 2 N–H and O–H groups in total. The SMILES string of the molecule is CCOc1cc2nc(C)cn2cc1C(=O)Nc1ccc(N2CC3CNCC3C2)nn1. The summed E-state index contributed by atoms with van der Waals surface area (Å²) in [6.07, 6.45) is 3.60. The lowest BCUT2D eigenvalue weighted by Crippen LogP contribution is -2.26. The number of anilines is 2. The van der Waals surface area contributed by atoms with Crippen molar-refractivity contribution in [2.45, 2.75) is 13.8 Å². The van der Waals surface area contributed by atoms with Gasteiger partial charge in [-0.1, -0.05) is 0 Å². The fourth-order valence-corrected chi connectivity index (χ4v) is 4.37. The molecule has 2 saturated heterocycles. The highest BCUT2D eigenvalue weighted by molar-refractivity contribution is 6.05. The van der Waals surface area contributed by atoms with Crippen molar-refractivity contribution in [2.24, 2.45) is 11.8 Å². The van der Waals surface area contributed by atoms with Crippen LogP contribution in [-0.4, -0.2) is 58.3 Å². The minimum absolute atomic E-state index is 0.296. The average Bonchev–Trinajstić information content (AvgIpc) is 3.41. The van der Waals surface area contributed by atoms with Gasteiger partial charge < -0.3 is 24.7 Å². The molecule has 2 atom stereocenters. The van der Waals surface area contributed by atoms with Gasteiger partial charge in [-0.15, -0.1) is 10.2 Å². The first-order valence-corrected chi connectivity index (χ1v) is 10.3. The Hall–Kier alpha value is -3.20. The van der Waals surface area contributed by atoms with E-state index in [4.69, 9.17) is 4.74 Å². The van der Waals surface area contributed by atoms with Crippen LogP contribution in [-0.2, 0) is 0 Å². The second-order valence-electron chi connectivity index (χ2n) is 7.95. The molecule has 0 aromatic carbocycles. The van der Waals surface area contributed by atoms with Crippen molar-refractivity contribution < 1.29 is 9.53 Å². The molecule has 2 aliphatic heterocycles. The molecule has 3 aromatic rings. The Balaban J connectivity index is 1.33. The van der Waals surface area contributed by atoms with E-state index < -0.39 is 0 Å². The van der Waals surface area contributed by atoms with Crippen LogP contribution < -0.4 is 20.3 Å². The van der Waals surface area contributed by atoms with Crippen molar-refractivity contribution in [1.82, 2.24) is 24.9 Å².